The number of piperidine rings is 1. The van der Waals surface area contributed by atoms with E-state index in [2.05, 4.69) is 20.9 Å². The number of benzene rings is 1. The Bertz CT molecular complexity index is 951. The Morgan fingerprint density at radius 3 is 2.47 bits per heavy atom. The van der Waals surface area contributed by atoms with Crippen LogP contribution in [0.15, 0.2) is 36.5 Å². The van der Waals surface area contributed by atoms with Crippen LogP contribution >= 0.6 is 11.6 Å². The van der Waals surface area contributed by atoms with Crippen LogP contribution in [0.1, 0.15) is 41.6 Å². The molecule has 0 N–H and O–H groups in total. The first kappa shape index (κ1) is 20.5. The number of likely N-dealkylation sites (tertiary alicyclic amines) is 1. The molecule has 0 atom stereocenters. The molecule has 30 heavy (non-hydrogen) atoms. The zero-order valence-electron chi connectivity index (χ0n) is 17.1. The van der Waals surface area contributed by atoms with Crippen LogP contribution < -0.4 is 9.80 Å². The molecule has 2 saturated heterocycles. The molecular weight excluding hydrogens is 398 g/mol. The SMILES string of the molecule is N#Cc1ccccc1N1CCCN(c2ncc(C(=O)N3CCCCC3)cc2Cl)CC1. The lowest BCUT2D eigenvalue weighted by Crippen LogP contribution is -2.36. The van der Waals surface area contributed by atoms with Gasteiger partial charge in [-0.2, -0.15) is 5.26 Å². The standard InChI is InChI=1S/C23H26ClN5O/c24-20-15-19(23(30)29-9-4-1-5-10-29)17-26-22(20)28-12-6-11-27(13-14-28)21-8-3-2-7-18(21)16-25/h2-3,7-8,15,17H,1,4-6,9-14H2. The van der Waals surface area contributed by atoms with E-state index in [-0.39, 0.29) is 5.91 Å². The molecule has 2 aliphatic rings. The summed E-state index contributed by atoms with van der Waals surface area (Å²) >= 11 is 6.57. The maximum absolute atomic E-state index is 12.7. The third kappa shape index (κ3) is 4.36. The second kappa shape index (κ2) is 9.36. The Kier molecular flexibility index (Phi) is 6.39. The van der Waals surface area contributed by atoms with Gasteiger partial charge >= 0.3 is 0 Å². The zero-order chi connectivity index (χ0) is 20.9. The van der Waals surface area contributed by atoms with Crippen LogP contribution in [0.2, 0.25) is 5.02 Å². The number of carbonyl (C=O) groups is 1. The number of nitriles is 1. The molecule has 7 heteroatoms. The second-order valence-corrected chi connectivity index (χ2v) is 8.25. The number of hydrogen-bond donors (Lipinski definition) is 0. The Morgan fingerprint density at radius 1 is 0.967 bits per heavy atom. The van der Waals surface area contributed by atoms with Gasteiger partial charge in [-0.15, -0.1) is 0 Å². The molecule has 4 rings (SSSR count). The van der Waals surface area contributed by atoms with Crippen molar-refractivity contribution in [2.75, 3.05) is 49.1 Å². The molecule has 2 aromatic rings. The summed E-state index contributed by atoms with van der Waals surface area (Å²) in [6.07, 6.45) is 5.90. The van der Waals surface area contributed by atoms with E-state index in [9.17, 15) is 10.1 Å². The van der Waals surface area contributed by atoms with Gasteiger partial charge in [-0.1, -0.05) is 23.7 Å². The minimum absolute atomic E-state index is 0.0193. The van der Waals surface area contributed by atoms with E-state index in [1.807, 2.05) is 29.2 Å². The van der Waals surface area contributed by atoms with Gasteiger partial charge < -0.3 is 14.7 Å². The van der Waals surface area contributed by atoms with Gasteiger partial charge in [0.05, 0.1) is 21.8 Å². The van der Waals surface area contributed by atoms with Crippen LogP contribution in [0, 0.1) is 11.3 Å². The average molecular weight is 424 g/mol. The van der Waals surface area contributed by atoms with Crippen molar-refractivity contribution in [3.63, 3.8) is 0 Å². The van der Waals surface area contributed by atoms with Gasteiger partial charge in [0.25, 0.3) is 5.91 Å². The van der Waals surface area contributed by atoms with E-state index in [1.54, 1.807) is 12.3 Å². The first-order chi connectivity index (χ1) is 14.7. The highest BCUT2D eigenvalue weighted by atomic mass is 35.5. The third-order valence-corrected chi connectivity index (χ3v) is 6.15. The molecule has 0 bridgehead atoms. The monoisotopic (exact) mass is 423 g/mol. The van der Waals surface area contributed by atoms with Crippen LogP contribution in [0.4, 0.5) is 11.5 Å². The summed E-state index contributed by atoms with van der Waals surface area (Å²) in [5.41, 5.74) is 2.23. The maximum atomic E-state index is 12.7. The number of rotatable bonds is 3. The van der Waals surface area contributed by atoms with Crippen molar-refractivity contribution in [3.05, 3.63) is 52.7 Å². The lowest BCUT2D eigenvalue weighted by molar-refractivity contribution is 0.0724. The third-order valence-electron chi connectivity index (χ3n) is 5.87. The van der Waals surface area contributed by atoms with Crippen molar-refractivity contribution < 1.29 is 4.79 Å². The molecule has 1 amide bonds. The van der Waals surface area contributed by atoms with Crippen LogP contribution in [0.25, 0.3) is 0 Å². The van der Waals surface area contributed by atoms with Gasteiger partial charge in [0.15, 0.2) is 0 Å². The van der Waals surface area contributed by atoms with E-state index in [1.165, 1.54) is 6.42 Å². The predicted molar refractivity (Wildman–Crippen MR) is 119 cm³/mol. The van der Waals surface area contributed by atoms with Gasteiger partial charge in [-0.25, -0.2) is 4.98 Å². The van der Waals surface area contributed by atoms with Crippen molar-refractivity contribution >= 4 is 29.0 Å². The maximum Gasteiger partial charge on any atom is 0.255 e. The van der Waals surface area contributed by atoms with Gasteiger partial charge in [-0.05, 0) is 43.9 Å². The number of aromatic nitrogens is 1. The van der Waals surface area contributed by atoms with Crippen molar-refractivity contribution in [1.82, 2.24) is 9.88 Å². The molecule has 0 aliphatic carbocycles. The molecule has 3 heterocycles. The van der Waals surface area contributed by atoms with Crippen molar-refractivity contribution in [3.8, 4) is 6.07 Å². The summed E-state index contributed by atoms with van der Waals surface area (Å²) in [5, 5.41) is 9.92. The van der Waals surface area contributed by atoms with E-state index in [4.69, 9.17) is 11.6 Å². The molecule has 2 aliphatic heterocycles. The topological polar surface area (TPSA) is 63.5 Å². The fourth-order valence-electron chi connectivity index (χ4n) is 4.27. The highest BCUT2D eigenvalue weighted by Crippen LogP contribution is 2.28. The van der Waals surface area contributed by atoms with Gasteiger partial charge in [0, 0.05) is 45.5 Å². The van der Waals surface area contributed by atoms with E-state index >= 15 is 0 Å². The average Bonchev–Trinajstić information content (AvgIpc) is 3.05. The Labute approximate surface area is 182 Å². The molecular formula is C23H26ClN5O. The Balaban J connectivity index is 1.47. The highest BCUT2D eigenvalue weighted by Gasteiger charge is 2.23. The predicted octanol–water partition coefficient (Wildman–Crippen LogP) is 3.95. The van der Waals surface area contributed by atoms with Gasteiger partial charge in [0.1, 0.15) is 11.9 Å². The van der Waals surface area contributed by atoms with Gasteiger partial charge in [-0.3, -0.25) is 4.79 Å². The second-order valence-electron chi connectivity index (χ2n) is 7.84. The van der Waals surface area contributed by atoms with E-state index in [0.29, 0.717) is 16.1 Å². The minimum Gasteiger partial charge on any atom is -0.369 e. The van der Waals surface area contributed by atoms with Crippen LogP contribution in [0.5, 0.6) is 0 Å². The quantitative estimate of drug-likeness (QED) is 0.747. The minimum atomic E-state index is 0.0193. The number of halogens is 1. The van der Waals surface area contributed by atoms with Gasteiger partial charge in [0.2, 0.25) is 0 Å². The van der Waals surface area contributed by atoms with Crippen LogP contribution in [-0.4, -0.2) is 55.1 Å². The molecule has 0 unspecified atom stereocenters. The lowest BCUT2D eigenvalue weighted by atomic mass is 10.1. The van der Waals surface area contributed by atoms with Crippen LogP contribution in [0.3, 0.4) is 0 Å². The number of anilines is 2. The van der Waals surface area contributed by atoms with Crippen LogP contribution in [-0.2, 0) is 0 Å². The smallest absolute Gasteiger partial charge is 0.255 e. The summed E-state index contributed by atoms with van der Waals surface area (Å²) in [4.78, 5) is 23.6. The first-order valence-corrected chi connectivity index (χ1v) is 11.0. The summed E-state index contributed by atoms with van der Waals surface area (Å²) < 4.78 is 0. The first-order valence-electron chi connectivity index (χ1n) is 10.6. The van der Waals surface area contributed by atoms with Crippen molar-refractivity contribution in [2.24, 2.45) is 0 Å². The zero-order valence-corrected chi connectivity index (χ0v) is 17.8. The number of carbonyl (C=O) groups excluding carboxylic acids is 1. The summed E-state index contributed by atoms with van der Waals surface area (Å²) in [6, 6.07) is 11.8. The van der Waals surface area contributed by atoms with E-state index < -0.39 is 0 Å². The largest absolute Gasteiger partial charge is 0.369 e. The number of para-hydroxylation sites is 1. The molecule has 1 aromatic heterocycles. The number of nitrogens with zero attached hydrogens (tertiary/aromatic N) is 5. The highest BCUT2D eigenvalue weighted by molar-refractivity contribution is 6.33. The normalized spacial score (nSPS) is 17.4. The Morgan fingerprint density at radius 2 is 1.70 bits per heavy atom. The molecule has 0 saturated carbocycles. The molecule has 6 nitrogen and oxygen atoms in total. The fraction of sp³-hybridized carbons (Fsp3) is 0.435. The molecule has 1 aromatic carbocycles. The number of amides is 1. The molecule has 2 fully saturated rings. The van der Waals surface area contributed by atoms with Crippen molar-refractivity contribution in [1.29, 1.82) is 5.26 Å². The molecule has 156 valence electrons. The molecule has 0 radical (unpaired) electrons. The summed E-state index contributed by atoms with van der Waals surface area (Å²) in [6.45, 7) is 4.86. The fourth-order valence-corrected chi connectivity index (χ4v) is 4.56. The molecule has 0 spiro atoms. The number of pyridine rings is 1. The Hall–Kier alpha value is -2.78. The van der Waals surface area contributed by atoms with E-state index in [0.717, 1.165) is 70.0 Å². The summed E-state index contributed by atoms with van der Waals surface area (Å²) in [5.74, 6) is 0.744. The van der Waals surface area contributed by atoms with Crippen molar-refractivity contribution in [2.45, 2.75) is 25.7 Å². The summed E-state index contributed by atoms with van der Waals surface area (Å²) in [7, 11) is 0. The number of hydrogen-bond acceptors (Lipinski definition) is 5. The lowest BCUT2D eigenvalue weighted by Gasteiger charge is -2.27.